The van der Waals surface area contributed by atoms with Gasteiger partial charge < -0.3 is 20.3 Å². The topological polar surface area (TPSA) is 61.7 Å². The van der Waals surface area contributed by atoms with Gasteiger partial charge in [-0.1, -0.05) is 6.07 Å². The molecule has 0 saturated heterocycles. The molecule has 3 N–H and O–H groups in total. The van der Waals surface area contributed by atoms with Crippen LogP contribution in [0.5, 0.6) is 17.2 Å². The Bertz CT molecular complexity index is 610. The third kappa shape index (κ3) is 2.42. The number of rotatable bonds is 3. The molecule has 1 aliphatic rings. The molecule has 1 heterocycles. The van der Waals surface area contributed by atoms with E-state index in [2.05, 4.69) is 11.4 Å². The van der Waals surface area contributed by atoms with Crippen molar-refractivity contribution >= 4 is 5.69 Å². The maximum atomic E-state index is 9.43. The molecule has 4 heteroatoms. The Hall–Kier alpha value is -2.36. The van der Waals surface area contributed by atoms with Crippen LogP contribution in [0.3, 0.4) is 0 Å². The zero-order chi connectivity index (χ0) is 13.2. The van der Waals surface area contributed by atoms with Crippen molar-refractivity contribution in [2.24, 2.45) is 0 Å². The molecule has 0 fully saturated rings. The minimum absolute atomic E-state index is 0.0957. The molecular weight excluding hydrogens is 242 g/mol. The van der Waals surface area contributed by atoms with Crippen molar-refractivity contribution in [2.75, 3.05) is 11.9 Å². The van der Waals surface area contributed by atoms with E-state index in [0.717, 1.165) is 30.0 Å². The van der Waals surface area contributed by atoms with E-state index in [1.165, 1.54) is 11.6 Å². The molecule has 1 aliphatic heterocycles. The number of ether oxygens (including phenoxy) is 1. The van der Waals surface area contributed by atoms with E-state index < -0.39 is 0 Å². The zero-order valence-corrected chi connectivity index (χ0v) is 10.4. The summed E-state index contributed by atoms with van der Waals surface area (Å²) < 4.78 is 5.46. The number of benzene rings is 2. The highest BCUT2D eigenvalue weighted by molar-refractivity contribution is 5.53. The van der Waals surface area contributed by atoms with Gasteiger partial charge in [-0.25, -0.2) is 0 Å². The van der Waals surface area contributed by atoms with E-state index in [0.29, 0.717) is 6.54 Å². The van der Waals surface area contributed by atoms with Gasteiger partial charge in [0.25, 0.3) is 0 Å². The minimum atomic E-state index is -0.0987. The fraction of sp³-hybridized carbons (Fsp3) is 0.200. The molecule has 0 bridgehead atoms. The van der Waals surface area contributed by atoms with Gasteiger partial charge in [-0.3, -0.25) is 0 Å². The molecule has 0 aromatic heterocycles. The summed E-state index contributed by atoms with van der Waals surface area (Å²) in [5.41, 5.74) is 3.16. The summed E-state index contributed by atoms with van der Waals surface area (Å²) in [6.45, 7) is 1.35. The Kier molecular flexibility index (Phi) is 2.91. The summed E-state index contributed by atoms with van der Waals surface area (Å²) in [6.07, 6.45) is 0.949. The number of aromatic hydroxyl groups is 2. The Morgan fingerprint density at radius 2 is 1.95 bits per heavy atom. The number of nitrogens with one attached hydrogen (secondary N) is 1. The van der Waals surface area contributed by atoms with Crippen LogP contribution in [0.2, 0.25) is 0 Å². The van der Waals surface area contributed by atoms with Gasteiger partial charge in [0.05, 0.1) is 6.61 Å². The molecular formula is C15H15NO3. The number of phenolic OH excluding ortho intramolecular Hbond substituents is 2. The lowest BCUT2D eigenvalue weighted by Gasteiger charge is -2.09. The van der Waals surface area contributed by atoms with E-state index in [9.17, 15) is 10.2 Å². The van der Waals surface area contributed by atoms with Crippen LogP contribution in [0.4, 0.5) is 5.69 Å². The third-order valence-corrected chi connectivity index (χ3v) is 3.23. The predicted octanol–water partition coefficient (Wildman–Crippen LogP) is 2.64. The first kappa shape index (κ1) is 11.7. The van der Waals surface area contributed by atoms with Crippen molar-refractivity contribution < 1.29 is 14.9 Å². The zero-order valence-electron chi connectivity index (χ0n) is 10.4. The largest absolute Gasteiger partial charge is 0.504 e. The van der Waals surface area contributed by atoms with Crippen LogP contribution >= 0.6 is 0 Å². The van der Waals surface area contributed by atoms with Gasteiger partial charge in [0.2, 0.25) is 0 Å². The standard InChI is InChI=1S/C15H15NO3/c17-13-3-1-10(7-14(13)18)9-16-12-2-4-15-11(8-12)5-6-19-15/h1-4,7-8,16-18H,5-6,9H2. The fourth-order valence-electron chi connectivity index (χ4n) is 2.18. The molecule has 98 valence electrons. The van der Waals surface area contributed by atoms with Gasteiger partial charge in [0.15, 0.2) is 11.5 Å². The molecule has 19 heavy (non-hydrogen) atoms. The van der Waals surface area contributed by atoms with Crippen molar-refractivity contribution in [3.8, 4) is 17.2 Å². The first-order valence-corrected chi connectivity index (χ1v) is 6.23. The SMILES string of the molecule is Oc1ccc(CNc2ccc3c(c2)CCO3)cc1O. The predicted molar refractivity (Wildman–Crippen MR) is 72.7 cm³/mol. The van der Waals surface area contributed by atoms with Gasteiger partial charge in [-0.15, -0.1) is 0 Å². The monoisotopic (exact) mass is 257 g/mol. The summed E-state index contributed by atoms with van der Waals surface area (Å²) >= 11 is 0. The second-order valence-corrected chi connectivity index (χ2v) is 4.60. The van der Waals surface area contributed by atoms with Crippen molar-refractivity contribution in [1.82, 2.24) is 0 Å². The van der Waals surface area contributed by atoms with Gasteiger partial charge in [-0.2, -0.15) is 0 Å². The highest BCUT2D eigenvalue weighted by Gasteiger charge is 2.11. The van der Waals surface area contributed by atoms with E-state index in [-0.39, 0.29) is 11.5 Å². The van der Waals surface area contributed by atoms with Crippen molar-refractivity contribution in [2.45, 2.75) is 13.0 Å². The van der Waals surface area contributed by atoms with Crippen LogP contribution in [-0.4, -0.2) is 16.8 Å². The molecule has 2 aromatic rings. The molecule has 0 saturated carbocycles. The number of hydrogen-bond donors (Lipinski definition) is 3. The van der Waals surface area contributed by atoms with Gasteiger partial charge in [-0.05, 0) is 41.5 Å². The first-order chi connectivity index (χ1) is 9.22. The Morgan fingerprint density at radius 3 is 2.79 bits per heavy atom. The van der Waals surface area contributed by atoms with Crippen molar-refractivity contribution in [3.63, 3.8) is 0 Å². The molecule has 0 atom stereocenters. The molecule has 0 radical (unpaired) electrons. The highest BCUT2D eigenvalue weighted by Crippen LogP contribution is 2.29. The van der Waals surface area contributed by atoms with E-state index >= 15 is 0 Å². The van der Waals surface area contributed by atoms with Crippen LogP contribution in [0, 0.1) is 0 Å². The summed E-state index contributed by atoms with van der Waals surface area (Å²) in [7, 11) is 0. The highest BCUT2D eigenvalue weighted by atomic mass is 16.5. The summed E-state index contributed by atoms with van der Waals surface area (Å²) in [4.78, 5) is 0. The Morgan fingerprint density at radius 1 is 1.05 bits per heavy atom. The van der Waals surface area contributed by atoms with Crippen LogP contribution < -0.4 is 10.1 Å². The van der Waals surface area contributed by atoms with Crippen molar-refractivity contribution in [3.05, 3.63) is 47.5 Å². The molecule has 4 nitrogen and oxygen atoms in total. The Balaban J connectivity index is 1.70. The second-order valence-electron chi connectivity index (χ2n) is 4.60. The number of anilines is 1. The van der Waals surface area contributed by atoms with Gasteiger partial charge >= 0.3 is 0 Å². The quantitative estimate of drug-likeness (QED) is 0.740. The average Bonchev–Trinajstić information content (AvgIpc) is 2.87. The molecule has 0 amide bonds. The lowest BCUT2D eigenvalue weighted by atomic mass is 10.1. The maximum Gasteiger partial charge on any atom is 0.157 e. The van der Waals surface area contributed by atoms with Crippen molar-refractivity contribution in [1.29, 1.82) is 0 Å². The third-order valence-electron chi connectivity index (χ3n) is 3.23. The van der Waals surface area contributed by atoms with Gasteiger partial charge in [0.1, 0.15) is 5.75 Å². The van der Waals surface area contributed by atoms with Crippen LogP contribution in [-0.2, 0) is 13.0 Å². The number of phenols is 2. The number of fused-ring (bicyclic) bond motifs is 1. The first-order valence-electron chi connectivity index (χ1n) is 6.23. The number of hydrogen-bond acceptors (Lipinski definition) is 4. The lowest BCUT2D eigenvalue weighted by molar-refractivity contribution is 0.357. The van der Waals surface area contributed by atoms with E-state index in [1.54, 1.807) is 12.1 Å². The molecule has 0 aliphatic carbocycles. The normalized spacial score (nSPS) is 12.8. The molecule has 2 aromatic carbocycles. The molecule has 3 rings (SSSR count). The summed E-state index contributed by atoms with van der Waals surface area (Å²) in [6, 6.07) is 10.9. The maximum absolute atomic E-state index is 9.43. The van der Waals surface area contributed by atoms with E-state index in [1.807, 2.05) is 12.1 Å². The van der Waals surface area contributed by atoms with E-state index in [4.69, 9.17) is 4.74 Å². The van der Waals surface area contributed by atoms with Crippen LogP contribution in [0.1, 0.15) is 11.1 Å². The van der Waals surface area contributed by atoms with Crippen LogP contribution in [0.15, 0.2) is 36.4 Å². The lowest BCUT2D eigenvalue weighted by Crippen LogP contribution is -1.99. The van der Waals surface area contributed by atoms with Gasteiger partial charge in [0, 0.05) is 18.7 Å². The fourth-order valence-corrected chi connectivity index (χ4v) is 2.18. The average molecular weight is 257 g/mol. The smallest absolute Gasteiger partial charge is 0.157 e. The molecule has 0 unspecified atom stereocenters. The van der Waals surface area contributed by atoms with Crippen LogP contribution in [0.25, 0.3) is 0 Å². The summed E-state index contributed by atoms with van der Waals surface area (Å²) in [5.74, 6) is 0.771. The Labute approximate surface area is 111 Å². The minimum Gasteiger partial charge on any atom is -0.504 e. The molecule has 0 spiro atoms. The second kappa shape index (κ2) is 4.72. The summed E-state index contributed by atoms with van der Waals surface area (Å²) in [5, 5.41) is 22.0.